The largest absolute Gasteiger partial charge is 0.494 e. The fourth-order valence-corrected chi connectivity index (χ4v) is 8.93. The van der Waals surface area contributed by atoms with E-state index >= 15 is 0 Å². The molecule has 1 unspecified atom stereocenters. The van der Waals surface area contributed by atoms with E-state index in [9.17, 15) is 38.4 Å². The van der Waals surface area contributed by atoms with Crippen molar-refractivity contribution >= 4 is 81.2 Å². The first-order valence-corrected chi connectivity index (χ1v) is 25.4. The number of nitrogens with one attached hydrogen (secondary N) is 3. The molecular formula is C52H64N16O10. The Bertz CT molecular complexity index is 3350. The SMILES string of the molecule is CCn1nc(C)cc1C(=O)Nc1nc2cc(C(N)=O)cc(OC)c2n1C/C=C/Cn1c(NC(=O)c2cc(C)nn2CC)nc2cc(C(N)=O)cc(OCCCN(C)C(=O)C(CCCCN)NC(=O)CCN3C(=O)C=CC3=O)c21. The first kappa shape index (κ1) is 56.5. The topological polar surface area (TPSA) is 347 Å². The highest BCUT2D eigenvalue weighted by Gasteiger charge is 2.28. The van der Waals surface area contributed by atoms with Crippen molar-refractivity contribution in [1.82, 2.24) is 53.8 Å². The minimum Gasteiger partial charge on any atom is -0.494 e. The number of methoxy groups -OCH3 is 1. The Morgan fingerprint density at radius 1 is 0.731 bits per heavy atom. The predicted molar refractivity (Wildman–Crippen MR) is 286 cm³/mol. The second kappa shape index (κ2) is 25.1. The Hall–Kier alpha value is -9.20. The van der Waals surface area contributed by atoms with Crippen LogP contribution in [0.25, 0.3) is 22.1 Å². The zero-order valence-corrected chi connectivity index (χ0v) is 44.3. The molecule has 9 N–H and O–H groups in total. The fraction of sp³-hybridized carbons (Fsp3) is 0.385. The maximum Gasteiger partial charge on any atom is 0.276 e. The third-order valence-electron chi connectivity index (χ3n) is 12.8. The van der Waals surface area contributed by atoms with Crippen LogP contribution < -0.4 is 42.6 Å². The first-order chi connectivity index (χ1) is 37.3. The van der Waals surface area contributed by atoms with Crippen molar-refractivity contribution in [2.45, 2.75) is 92.0 Å². The smallest absolute Gasteiger partial charge is 0.276 e. The van der Waals surface area contributed by atoms with Crippen molar-refractivity contribution < 1.29 is 47.8 Å². The lowest BCUT2D eigenvalue weighted by Crippen LogP contribution is -2.48. The van der Waals surface area contributed by atoms with E-state index in [4.69, 9.17) is 36.6 Å². The molecule has 7 rings (SSSR count). The zero-order chi connectivity index (χ0) is 56.4. The summed E-state index contributed by atoms with van der Waals surface area (Å²) in [5.74, 6) is -3.71. The number of fused-ring (bicyclic) bond motifs is 2. The summed E-state index contributed by atoms with van der Waals surface area (Å²) in [7, 11) is 3.02. The number of imide groups is 1. The number of likely N-dealkylation sites (N-methyl/N-ethyl adjacent to an activating group) is 1. The Labute approximate surface area is 447 Å². The van der Waals surface area contributed by atoms with E-state index in [2.05, 4.69) is 26.1 Å². The maximum absolute atomic E-state index is 14.0. The molecule has 78 heavy (non-hydrogen) atoms. The summed E-state index contributed by atoms with van der Waals surface area (Å²) < 4.78 is 18.6. The minimum absolute atomic E-state index is 0.0167. The summed E-state index contributed by atoms with van der Waals surface area (Å²) in [6, 6.07) is 8.33. The number of aromatic nitrogens is 8. The maximum atomic E-state index is 14.0. The van der Waals surface area contributed by atoms with Crippen LogP contribution in [0.5, 0.6) is 11.5 Å². The van der Waals surface area contributed by atoms with Gasteiger partial charge in [0.25, 0.3) is 23.6 Å². The number of nitrogens with two attached hydrogens (primary N) is 3. The summed E-state index contributed by atoms with van der Waals surface area (Å²) in [5, 5.41) is 17.4. The van der Waals surface area contributed by atoms with Gasteiger partial charge in [-0.25, -0.2) is 9.97 Å². The highest BCUT2D eigenvalue weighted by Crippen LogP contribution is 2.33. The summed E-state index contributed by atoms with van der Waals surface area (Å²) in [4.78, 5) is 116. The predicted octanol–water partition coefficient (Wildman–Crippen LogP) is 2.56. The number of ether oxygens (including phenoxy) is 2. The standard InChI is InChI=1S/C52H64N16O10/c1-7-67-37(24-30(3)61-67)48(74)59-51-57-35-26-32(46(54)72)28-39(77-6)44(35)65(51)20-11-12-21-66-45-36(58-52(66)60-49(75)38-25-31(4)62-68(38)8-2)27-33(47(55)73)29-40(45)78-23-13-19-63(5)50(76)34(14-9-10-18-53)56-41(69)17-22-64-42(70)15-16-43(64)71/h11-12,15-16,24-29,34H,7-10,13-14,17-23,53H2,1-6H3,(H2,54,72)(H2,55,73)(H,56,69)(H,57,59,74)(H,58,60,75)/b12-11+. The molecule has 26 nitrogen and oxygen atoms in total. The van der Waals surface area contributed by atoms with Gasteiger partial charge in [-0.3, -0.25) is 63.3 Å². The monoisotopic (exact) mass is 1070 g/mol. The normalized spacial score (nSPS) is 12.7. The lowest BCUT2D eigenvalue weighted by atomic mass is 10.1. The molecular weight excluding hydrogens is 1010 g/mol. The van der Waals surface area contributed by atoms with Crippen LogP contribution in [0.4, 0.5) is 11.9 Å². The average Bonchev–Trinajstić information content (AvgIpc) is 4.29. The van der Waals surface area contributed by atoms with Crippen molar-refractivity contribution in [3.63, 3.8) is 0 Å². The van der Waals surface area contributed by atoms with Crippen LogP contribution in [-0.2, 0) is 45.4 Å². The van der Waals surface area contributed by atoms with Gasteiger partial charge in [0.1, 0.15) is 40.0 Å². The molecule has 1 aliphatic heterocycles. The average molecular weight is 1070 g/mol. The van der Waals surface area contributed by atoms with Crippen LogP contribution in [-0.4, -0.2) is 142 Å². The second-order valence-electron chi connectivity index (χ2n) is 18.3. The molecule has 1 aliphatic rings. The third-order valence-corrected chi connectivity index (χ3v) is 12.8. The third kappa shape index (κ3) is 12.9. The van der Waals surface area contributed by atoms with Gasteiger partial charge < -0.3 is 46.0 Å². The molecule has 0 saturated heterocycles. The zero-order valence-electron chi connectivity index (χ0n) is 44.3. The van der Waals surface area contributed by atoms with Gasteiger partial charge in [0, 0.05) is 76.0 Å². The van der Waals surface area contributed by atoms with E-state index in [1.54, 1.807) is 63.7 Å². The number of allylic oxidation sites excluding steroid dienone is 2. The van der Waals surface area contributed by atoms with Crippen molar-refractivity contribution in [3.8, 4) is 11.5 Å². The molecule has 26 heteroatoms. The number of unbranched alkanes of at least 4 members (excludes halogenated alkanes) is 1. The molecule has 0 spiro atoms. The number of primary amides is 2. The number of carbonyl (C=O) groups excluding carboxylic acids is 8. The molecule has 8 amide bonds. The number of amides is 8. The Balaban J connectivity index is 1.17. The molecule has 0 bridgehead atoms. The van der Waals surface area contributed by atoms with Gasteiger partial charge in [0.15, 0.2) is 0 Å². The summed E-state index contributed by atoms with van der Waals surface area (Å²) in [5.41, 5.74) is 20.7. The van der Waals surface area contributed by atoms with E-state index in [1.165, 1.54) is 36.3 Å². The van der Waals surface area contributed by atoms with Crippen LogP contribution >= 0.6 is 0 Å². The number of benzene rings is 2. The lowest BCUT2D eigenvalue weighted by Gasteiger charge is -2.25. The van der Waals surface area contributed by atoms with E-state index in [0.717, 1.165) is 17.1 Å². The molecule has 0 fully saturated rings. The molecule has 1 atom stereocenters. The Morgan fingerprint density at radius 3 is 1.73 bits per heavy atom. The minimum atomic E-state index is -0.906. The highest BCUT2D eigenvalue weighted by molar-refractivity contribution is 6.13. The molecule has 5 heterocycles. The molecule has 6 aromatic rings. The van der Waals surface area contributed by atoms with Crippen molar-refractivity contribution in [2.75, 3.05) is 51.0 Å². The van der Waals surface area contributed by atoms with Gasteiger partial charge in [0.05, 0.1) is 36.1 Å². The number of carbonyl (C=O) groups is 8. The van der Waals surface area contributed by atoms with Gasteiger partial charge in [-0.1, -0.05) is 12.2 Å². The second-order valence-corrected chi connectivity index (χ2v) is 18.3. The van der Waals surface area contributed by atoms with Gasteiger partial charge in [-0.2, -0.15) is 10.2 Å². The number of nitrogens with zero attached hydrogens (tertiary/aromatic N) is 10. The number of rotatable bonds is 27. The quantitative estimate of drug-likeness (QED) is 0.0245. The van der Waals surface area contributed by atoms with Gasteiger partial charge in [-0.15, -0.1) is 0 Å². The highest BCUT2D eigenvalue weighted by atomic mass is 16.5. The first-order valence-electron chi connectivity index (χ1n) is 25.4. The van der Waals surface area contributed by atoms with Crippen LogP contribution in [0.2, 0.25) is 0 Å². The molecule has 2 aromatic carbocycles. The van der Waals surface area contributed by atoms with E-state index in [0.29, 0.717) is 72.5 Å². The van der Waals surface area contributed by atoms with Crippen LogP contribution in [0.15, 0.2) is 60.7 Å². The molecule has 0 saturated carbocycles. The molecule has 0 radical (unpaired) electrons. The fourth-order valence-electron chi connectivity index (χ4n) is 8.93. The Kier molecular flexibility index (Phi) is 18.2. The van der Waals surface area contributed by atoms with E-state index < -0.39 is 47.4 Å². The van der Waals surface area contributed by atoms with Crippen LogP contribution in [0.1, 0.15) is 99.0 Å². The number of hydrogen-bond donors (Lipinski definition) is 6. The van der Waals surface area contributed by atoms with E-state index in [1.807, 2.05) is 13.8 Å². The summed E-state index contributed by atoms with van der Waals surface area (Å²) in [6.07, 6.45) is 7.39. The lowest BCUT2D eigenvalue weighted by molar-refractivity contribution is -0.138. The Morgan fingerprint density at radius 2 is 1.24 bits per heavy atom. The van der Waals surface area contributed by atoms with Crippen molar-refractivity contribution in [2.24, 2.45) is 17.2 Å². The van der Waals surface area contributed by atoms with Crippen molar-refractivity contribution in [1.29, 1.82) is 0 Å². The van der Waals surface area contributed by atoms with Gasteiger partial charge in [-0.05, 0) is 96.3 Å². The van der Waals surface area contributed by atoms with Crippen molar-refractivity contribution in [3.05, 3.63) is 94.6 Å². The molecule has 0 aliphatic carbocycles. The molecule has 4 aromatic heterocycles. The number of anilines is 2. The summed E-state index contributed by atoms with van der Waals surface area (Å²) in [6.45, 7) is 8.69. The summed E-state index contributed by atoms with van der Waals surface area (Å²) >= 11 is 0. The van der Waals surface area contributed by atoms with Gasteiger partial charge >= 0.3 is 0 Å². The number of aryl methyl sites for hydroxylation is 4. The van der Waals surface area contributed by atoms with Gasteiger partial charge in [0.2, 0.25) is 35.5 Å². The van der Waals surface area contributed by atoms with Crippen LogP contribution in [0.3, 0.4) is 0 Å². The van der Waals surface area contributed by atoms with Crippen LogP contribution in [0, 0.1) is 13.8 Å². The molecule has 412 valence electrons. The van der Waals surface area contributed by atoms with E-state index in [-0.39, 0.29) is 97.3 Å². The number of hydrogen-bond acceptors (Lipinski definition) is 15. The number of imidazole rings is 2.